The number of hydrogen-bond acceptors (Lipinski definition) is 2. The van der Waals surface area contributed by atoms with Gasteiger partial charge in [-0.3, -0.25) is 9.59 Å². The summed E-state index contributed by atoms with van der Waals surface area (Å²) in [6.45, 7) is 6.73. The Labute approximate surface area is 113 Å². The minimum Gasteiger partial charge on any atom is -0.322 e. The van der Waals surface area contributed by atoms with Gasteiger partial charge in [-0.15, -0.1) is 0 Å². The van der Waals surface area contributed by atoms with E-state index in [1.165, 1.54) is 12.2 Å². The zero-order chi connectivity index (χ0) is 12.8. The van der Waals surface area contributed by atoms with Gasteiger partial charge in [-0.25, -0.2) is 0 Å². The van der Waals surface area contributed by atoms with Gasteiger partial charge in [-0.2, -0.15) is 0 Å². The SMILES string of the molecule is C=CC(=O)Nc1cc(I)cc(NC(=O)C=C)c1. The summed E-state index contributed by atoms with van der Waals surface area (Å²) in [7, 11) is 0. The molecule has 1 aromatic carbocycles. The average molecular weight is 342 g/mol. The summed E-state index contributed by atoms with van der Waals surface area (Å²) in [5.41, 5.74) is 1.20. The number of anilines is 2. The van der Waals surface area contributed by atoms with Crippen molar-refractivity contribution >= 4 is 45.8 Å². The smallest absolute Gasteiger partial charge is 0.247 e. The van der Waals surface area contributed by atoms with Crippen molar-refractivity contribution in [2.24, 2.45) is 0 Å². The topological polar surface area (TPSA) is 58.2 Å². The van der Waals surface area contributed by atoms with Crippen LogP contribution in [-0.2, 0) is 9.59 Å². The van der Waals surface area contributed by atoms with Crippen molar-refractivity contribution < 1.29 is 9.59 Å². The Balaban J connectivity index is 2.93. The molecule has 4 nitrogen and oxygen atoms in total. The van der Waals surface area contributed by atoms with Crippen molar-refractivity contribution in [3.8, 4) is 0 Å². The van der Waals surface area contributed by atoms with Crippen LogP contribution in [0.3, 0.4) is 0 Å². The van der Waals surface area contributed by atoms with Crippen LogP contribution in [0.25, 0.3) is 0 Å². The third-order valence-electron chi connectivity index (χ3n) is 1.80. The Morgan fingerprint density at radius 1 is 1.00 bits per heavy atom. The van der Waals surface area contributed by atoms with Gasteiger partial charge in [0.15, 0.2) is 0 Å². The molecule has 0 radical (unpaired) electrons. The van der Waals surface area contributed by atoms with Crippen molar-refractivity contribution in [3.63, 3.8) is 0 Å². The average Bonchev–Trinajstić information content (AvgIpc) is 2.27. The monoisotopic (exact) mass is 342 g/mol. The molecule has 0 atom stereocenters. The molecule has 0 spiro atoms. The normalized spacial score (nSPS) is 9.24. The van der Waals surface area contributed by atoms with Gasteiger partial charge in [0.25, 0.3) is 0 Å². The Morgan fingerprint density at radius 3 is 1.76 bits per heavy atom. The number of carbonyl (C=O) groups excluding carboxylic acids is 2. The molecule has 0 aliphatic carbocycles. The largest absolute Gasteiger partial charge is 0.322 e. The summed E-state index contributed by atoms with van der Waals surface area (Å²) >= 11 is 2.09. The Bertz CT molecular complexity index is 443. The first kappa shape index (κ1) is 13.4. The molecule has 0 heterocycles. The Morgan fingerprint density at radius 2 is 1.41 bits per heavy atom. The van der Waals surface area contributed by atoms with Gasteiger partial charge in [0, 0.05) is 14.9 Å². The predicted molar refractivity (Wildman–Crippen MR) is 76.8 cm³/mol. The molecular weight excluding hydrogens is 331 g/mol. The highest BCUT2D eigenvalue weighted by atomic mass is 127. The highest BCUT2D eigenvalue weighted by Crippen LogP contribution is 2.20. The van der Waals surface area contributed by atoms with Gasteiger partial charge in [-0.05, 0) is 52.9 Å². The van der Waals surface area contributed by atoms with E-state index >= 15 is 0 Å². The summed E-state index contributed by atoms with van der Waals surface area (Å²) in [5.74, 6) is -0.596. The number of carbonyl (C=O) groups is 2. The fourth-order valence-corrected chi connectivity index (χ4v) is 1.79. The number of rotatable bonds is 4. The Kier molecular flexibility index (Phi) is 4.89. The molecule has 2 amide bonds. The van der Waals surface area contributed by atoms with Crippen LogP contribution in [0.15, 0.2) is 43.5 Å². The molecule has 2 N–H and O–H groups in total. The van der Waals surface area contributed by atoms with Crippen LogP contribution in [0.2, 0.25) is 0 Å². The van der Waals surface area contributed by atoms with Crippen LogP contribution >= 0.6 is 22.6 Å². The van der Waals surface area contributed by atoms with E-state index in [-0.39, 0.29) is 11.8 Å². The summed E-state index contributed by atoms with van der Waals surface area (Å²) in [6, 6.07) is 5.22. The molecule has 0 fully saturated rings. The highest BCUT2D eigenvalue weighted by molar-refractivity contribution is 14.1. The number of nitrogens with one attached hydrogen (secondary N) is 2. The van der Waals surface area contributed by atoms with Gasteiger partial charge < -0.3 is 10.6 Å². The van der Waals surface area contributed by atoms with Gasteiger partial charge in [0.05, 0.1) is 0 Å². The molecule has 0 saturated heterocycles. The van der Waals surface area contributed by atoms with Crippen LogP contribution in [-0.4, -0.2) is 11.8 Å². The third-order valence-corrected chi connectivity index (χ3v) is 2.43. The van der Waals surface area contributed by atoms with Crippen LogP contribution < -0.4 is 10.6 Å². The van der Waals surface area contributed by atoms with Crippen molar-refractivity contribution in [1.29, 1.82) is 0 Å². The molecule has 0 aliphatic heterocycles. The van der Waals surface area contributed by atoms with E-state index < -0.39 is 0 Å². The van der Waals surface area contributed by atoms with Crippen molar-refractivity contribution in [2.75, 3.05) is 10.6 Å². The number of hydrogen-bond donors (Lipinski definition) is 2. The molecule has 88 valence electrons. The molecule has 5 heteroatoms. The fourth-order valence-electron chi connectivity index (χ4n) is 1.12. The quantitative estimate of drug-likeness (QED) is 0.653. The van der Waals surface area contributed by atoms with Crippen molar-refractivity contribution in [2.45, 2.75) is 0 Å². The maximum absolute atomic E-state index is 11.1. The molecule has 0 aliphatic rings. The maximum Gasteiger partial charge on any atom is 0.247 e. The molecule has 0 aromatic heterocycles. The standard InChI is InChI=1S/C12H11IN2O2/c1-3-11(16)14-9-5-8(13)6-10(7-9)15-12(17)4-2/h3-7H,1-2H2,(H,14,16)(H,15,17). The van der Waals surface area contributed by atoms with E-state index in [0.29, 0.717) is 11.4 Å². The molecule has 1 rings (SSSR count). The van der Waals surface area contributed by atoms with Crippen molar-refractivity contribution in [3.05, 3.63) is 47.1 Å². The van der Waals surface area contributed by atoms with Gasteiger partial charge in [0.2, 0.25) is 11.8 Å². The summed E-state index contributed by atoms with van der Waals surface area (Å²) < 4.78 is 0.892. The zero-order valence-corrected chi connectivity index (χ0v) is 11.2. The number of amides is 2. The lowest BCUT2D eigenvalue weighted by Gasteiger charge is -2.07. The van der Waals surface area contributed by atoms with E-state index in [9.17, 15) is 9.59 Å². The van der Waals surface area contributed by atoms with E-state index in [1.807, 2.05) is 0 Å². The molecule has 1 aromatic rings. The molecule has 0 saturated carbocycles. The molecular formula is C12H11IN2O2. The second kappa shape index (κ2) is 6.19. The Hall–Kier alpha value is -1.63. The van der Waals surface area contributed by atoms with Crippen molar-refractivity contribution in [1.82, 2.24) is 0 Å². The van der Waals surface area contributed by atoms with Gasteiger partial charge in [-0.1, -0.05) is 13.2 Å². The van der Waals surface area contributed by atoms with E-state index in [2.05, 4.69) is 46.4 Å². The predicted octanol–water partition coefficient (Wildman–Crippen LogP) is 2.54. The minimum atomic E-state index is -0.298. The van der Waals surface area contributed by atoms with E-state index in [1.54, 1.807) is 18.2 Å². The van der Waals surface area contributed by atoms with E-state index in [4.69, 9.17) is 0 Å². The van der Waals surface area contributed by atoms with Gasteiger partial charge >= 0.3 is 0 Å². The van der Waals surface area contributed by atoms with Crippen LogP contribution in [0.4, 0.5) is 11.4 Å². The third kappa shape index (κ3) is 4.39. The summed E-state index contributed by atoms with van der Waals surface area (Å²) in [6.07, 6.45) is 2.36. The zero-order valence-electron chi connectivity index (χ0n) is 9.00. The van der Waals surface area contributed by atoms with Gasteiger partial charge in [0.1, 0.15) is 0 Å². The first-order valence-electron chi connectivity index (χ1n) is 4.72. The highest BCUT2D eigenvalue weighted by Gasteiger charge is 2.03. The number of halogens is 1. The lowest BCUT2D eigenvalue weighted by Crippen LogP contribution is -2.10. The second-order valence-electron chi connectivity index (χ2n) is 3.12. The minimum absolute atomic E-state index is 0.298. The first-order valence-corrected chi connectivity index (χ1v) is 5.80. The lowest BCUT2D eigenvalue weighted by atomic mass is 10.2. The second-order valence-corrected chi connectivity index (χ2v) is 4.36. The summed E-state index contributed by atoms with van der Waals surface area (Å²) in [5, 5.41) is 5.25. The lowest BCUT2D eigenvalue weighted by molar-refractivity contribution is -0.112. The number of benzene rings is 1. The molecule has 0 unspecified atom stereocenters. The fraction of sp³-hybridized carbons (Fsp3) is 0. The molecule has 17 heavy (non-hydrogen) atoms. The van der Waals surface area contributed by atoms with Crippen LogP contribution in [0.5, 0.6) is 0 Å². The first-order chi connectivity index (χ1) is 8.05. The summed E-state index contributed by atoms with van der Waals surface area (Å²) in [4.78, 5) is 22.3. The maximum atomic E-state index is 11.1. The molecule has 0 bridgehead atoms. The van der Waals surface area contributed by atoms with Crippen LogP contribution in [0.1, 0.15) is 0 Å². The van der Waals surface area contributed by atoms with E-state index in [0.717, 1.165) is 3.57 Å². The van der Waals surface area contributed by atoms with Crippen LogP contribution in [0, 0.1) is 3.57 Å².